The molecule has 0 bridgehead atoms. The summed E-state index contributed by atoms with van der Waals surface area (Å²) in [6.45, 7) is 1.90. The van der Waals surface area contributed by atoms with Gasteiger partial charge in [-0.3, -0.25) is 4.79 Å². The minimum atomic E-state index is -0.780. The second-order valence-corrected chi connectivity index (χ2v) is 4.27. The van der Waals surface area contributed by atoms with Gasteiger partial charge in [0, 0.05) is 0 Å². The first kappa shape index (κ1) is 11.1. The van der Waals surface area contributed by atoms with E-state index < -0.39 is 11.9 Å². The quantitative estimate of drug-likeness (QED) is 0.749. The summed E-state index contributed by atoms with van der Waals surface area (Å²) in [6, 6.07) is 9.28. The normalized spacial score (nSPS) is 14.7. The fourth-order valence-electron chi connectivity index (χ4n) is 1.41. The summed E-state index contributed by atoms with van der Waals surface area (Å²) >= 11 is 4.22. The first-order valence-electron chi connectivity index (χ1n) is 4.57. The van der Waals surface area contributed by atoms with E-state index in [0.717, 1.165) is 5.56 Å². The molecule has 0 fully saturated rings. The van der Waals surface area contributed by atoms with Crippen molar-refractivity contribution in [3.8, 4) is 0 Å². The molecule has 0 saturated heterocycles. The molecule has 3 heteroatoms. The van der Waals surface area contributed by atoms with Crippen LogP contribution in [0.1, 0.15) is 24.8 Å². The molecule has 0 radical (unpaired) electrons. The predicted octanol–water partition coefficient (Wildman–Crippen LogP) is 2.56. The van der Waals surface area contributed by atoms with Crippen molar-refractivity contribution in [3.63, 3.8) is 0 Å². The number of carboxylic acids is 1. The van der Waals surface area contributed by atoms with Crippen molar-refractivity contribution in [2.24, 2.45) is 0 Å². The number of hydrogen-bond acceptors (Lipinski definition) is 2. The molecule has 0 heterocycles. The lowest BCUT2D eigenvalue weighted by Crippen LogP contribution is -2.14. The van der Waals surface area contributed by atoms with Crippen LogP contribution in [-0.4, -0.2) is 16.3 Å². The van der Waals surface area contributed by atoms with Gasteiger partial charge in [-0.1, -0.05) is 37.3 Å². The van der Waals surface area contributed by atoms with Crippen LogP contribution in [0.25, 0.3) is 0 Å². The van der Waals surface area contributed by atoms with Crippen molar-refractivity contribution in [3.05, 3.63) is 35.9 Å². The number of carboxylic acid groups (broad SMARTS) is 1. The molecule has 1 rings (SSSR count). The lowest BCUT2D eigenvalue weighted by Gasteiger charge is -2.14. The Balaban J connectivity index is 2.84. The van der Waals surface area contributed by atoms with Crippen LogP contribution < -0.4 is 0 Å². The van der Waals surface area contributed by atoms with Gasteiger partial charge in [-0.25, -0.2) is 0 Å². The third-order valence-electron chi connectivity index (χ3n) is 2.08. The Kier molecular flexibility index (Phi) is 4.01. The summed E-state index contributed by atoms with van der Waals surface area (Å²) in [5.41, 5.74) is 0.848. The largest absolute Gasteiger partial charge is 0.481 e. The monoisotopic (exact) mass is 210 g/mol. The third-order valence-corrected chi connectivity index (χ3v) is 2.29. The molecule has 0 saturated carbocycles. The Morgan fingerprint density at radius 1 is 1.43 bits per heavy atom. The van der Waals surface area contributed by atoms with Crippen LogP contribution in [0.15, 0.2) is 30.3 Å². The fourth-order valence-corrected chi connectivity index (χ4v) is 1.62. The van der Waals surface area contributed by atoms with Crippen LogP contribution in [0.2, 0.25) is 0 Å². The highest BCUT2D eigenvalue weighted by atomic mass is 32.1. The molecule has 76 valence electrons. The van der Waals surface area contributed by atoms with E-state index >= 15 is 0 Å². The fraction of sp³-hybridized carbons (Fsp3) is 0.364. The van der Waals surface area contributed by atoms with Crippen molar-refractivity contribution in [1.82, 2.24) is 0 Å². The van der Waals surface area contributed by atoms with Gasteiger partial charge in [0.2, 0.25) is 0 Å². The van der Waals surface area contributed by atoms with Crippen LogP contribution in [0.4, 0.5) is 0 Å². The van der Waals surface area contributed by atoms with Crippen molar-refractivity contribution >= 4 is 18.6 Å². The average Bonchev–Trinajstić information content (AvgIpc) is 2.15. The molecule has 2 nitrogen and oxygen atoms in total. The number of carbonyl (C=O) groups is 1. The molecular weight excluding hydrogens is 196 g/mol. The summed E-state index contributed by atoms with van der Waals surface area (Å²) in [5.74, 6) is -1.22. The highest BCUT2D eigenvalue weighted by molar-refractivity contribution is 7.80. The van der Waals surface area contributed by atoms with E-state index in [1.807, 2.05) is 37.3 Å². The van der Waals surface area contributed by atoms with Gasteiger partial charge in [-0.2, -0.15) is 12.6 Å². The molecule has 0 aliphatic heterocycles. The van der Waals surface area contributed by atoms with Crippen molar-refractivity contribution in [1.29, 1.82) is 0 Å². The van der Waals surface area contributed by atoms with Gasteiger partial charge in [0.15, 0.2) is 0 Å². The average molecular weight is 210 g/mol. The first-order chi connectivity index (χ1) is 6.61. The molecular formula is C11H14O2S. The zero-order valence-corrected chi connectivity index (χ0v) is 8.95. The van der Waals surface area contributed by atoms with E-state index in [2.05, 4.69) is 12.6 Å². The number of rotatable bonds is 4. The van der Waals surface area contributed by atoms with Gasteiger partial charge in [0.1, 0.15) is 0 Å². The molecule has 2 unspecified atom stereocenters. The number of hydrogen-bond donors (Lipinski definition) is 2. The van der Waals surface area contributed by atoms with Crippen LogP contribution in [0.3, 0.4) is 0 Å². The Labute approximate surface area is 89.4 Å². The molecule has 0 amide bonds. The minimum absolute atomic E-state index is 0.0938. The second-order valence-electron chi connectivity index (χ2n) is 3.39. The van der Waals surface area contributed by atoms with Gasteiger partial charge in [-0.15, -0.1) is 0 Å². The smallest absolute Gasteiger partial charge is 0.311 e. The maximum Gasteiger partial charge on any atom is 0.311 e. The summed E-state index contributed by atoms with van der Waals surface area (Å²) in [4.78, 5) is 11.0. The molecule has 0 aliphatic carbocycles. The maximum absolute atomic E-state index is 11.0. The lowest BCUT2D eigenvalue weighted by atomic mass is 9.95. The maximum atomic E-state index is 11.0. The van der Waals surface area contributed by atoms with E-state index in [9.17, 15) is 4.79 Å². The van der Waals surface area contributed by atoms with Crippen LogP contribution in [-0.2, 0) is 4.79 Å². The van der Waals surface area contributed by atoms with Gasteiger partial charge in [0.25, 0.3) is 0 Å². The van der Waals surface area contributed by atoms with Crippen molar-refractivity contribution in [2.45, 2.75) is 24.5 Å². The molecule has 2 atom stereocenters. The highest BCUT2D eigenvalue weighted by Gasteiger charge is 2.20. The van der Waals surface area contributed by atoms with Crippen LogP contribution in [0, 0.1) is 0 Å². The van der Waals surface area contributed by atoms with Crippen LogP contribution >= 0.6 is 12.6 Å². The van der Waals surface area contributed by atoms with Crippen LogP contribution in [0.5, 0.6) is 0 Å². The van der Waals surface area contributed by atoms with Crippen molar-refractivity contribution < 1.29 is 9.90 Å². The number of benzene rings is 1. The predicted molar refractivity (Wildman–Crippen MR) is 59.9 cm³/mol. The standard InChI is InChI=1S/C11H14O2S/c1-8(14)7-10(11(12)13)9-5-3-2-4-6-9/h2-6,8,10,14H,7H2,1H3,(H,12,13). The van der Waals surface area contributed by atoms with Gasteiger partial charge < -0.3 is 5.11 Å². The van der Waals surface area contributed by atoms with Gasteiger partial charge in [-0.05, 0) is 17.2 Å². The highest BCUT2D eigenvalue weighted by Crippen LogP contribution is 2.23. The summed E-state index contributed by atoms with van der Waals surface area (Å²) in [5, 5.41) is 9.14. The molecule has 1 aromatic carbocycles. The molecule has 1 aromatic rings. The van der Waals surface area contributed by atoms with Crippen molar-refractivity contribution in [2.75, 3.05) is 0 Å². The van der Waals surface area contributed by atoms with E-state index in [1.54, 1.807) is 0 Å². The van der Waals surface area contributed by atoms with E-state index in [4.69, 9.17) is 5.11 Å². The SMILES string of the molecule is CC(S)CC(C(=O)O)c1ccccc1. The summed E-state index contributed by atoms with van der Waals surface area (Å²) in [7, 11) is 0. The summed E-state index contributed by atoms with van der Waals surface area (Å²) < 4.78 is 0. The Morgan fingerprint density at radius 3 is 2.43 bits per heavy atom. The Bertz CT molecular complexity index is 295. The third kappa shape index (κ3) is 3.07. The number of thiol groups is 1. The lowest BCUT2D eigenvalue weighted by molar-refractivity contribution is -0.138. The molecule has 0 spiro atoms. The van der Waals surface area contributed by atoms with E-state index in [1.165, 1.54) is 0 Å². The van der Waals surface area contributed by atoms with Gasteiger partial charge in [0.05, 0.1) is 5.92 Å². The van der Waals surface area contributed by atoms with Gasteiger partial charge >= 0.3 is 5.97 Å². The molecule has 1 N–H and O–H groups in total. The van der Waals surface area contributed by atoms with E-state index in [0.29, 0.717) is 6.42 Å². The molecule has 0 aliphatic rings. The first-order valence-corrected chi connectivity index (χ1v) is 5.08. The zero-order chi connectivity index (χ0) is 10.6. The topological polar surface area (TPSA) is 37.3 Å². The summed E-state index contributed by atoms with van der Waals surface area (Å²) in [6.07, 6.45) is 0.558. The second kappa shape index (κ2) is 5.05. The minimum Gasteiger partial charge on any atom is -0.481 e. The Morgan fingerprint density at radius 2 is 2.00 bits per heavy atom. The molecule has 0 aromatic heterocycles. The van der Waals surface area contributed by atoms with E-state index in [-0.39, 0.29) is 5.25 Å². The number of aliphatic carboxylic acids is 1. The Hall–Kier alpha value is -0.960. The molecule has 14 heavy (non-hydrogen) atoms. The zero-order valence-electron chi connectivity index (χ0n) is 8.05.